The largest absolute Gasteiger partial charge is 0.462 e. The van der Waals surface area contributed by atoms with E-state index >= 15 is 0 Å². The number of esters is 1. The van der Waals surface area contributed by atoms with Gasteiger partial charge in [0, 0.05) is 6.42 Å². The molecule has 0 heterocycles. The Bertz CT molecular complexity index is 1080. The molecule has 0 aliphatic rings. The van der Waals surface area contributed by atoms with Crippen LogP contribution < -0.4 is 5.32 Å². The van der Waals surface area contributed by atoms with E-state index in [-0.39, 0.29) is 24.9 Å². The van der Waals surface area contributed by atoms with Gasteiger partial charge in [0.1, 0.15) is 6.10 Å². The summed E-state index contributed by atoms with van der Waals surface area (Å²) in [6.07, 6.45) is 58.5. The summed E-state index contributed by atoms with van der Waals surface area (Å²) in [6, 6.07) is -0.711. The summed E-state index contributed by atoms with van der Waals surface area (Å²) in [4.78, 5) is 26.1. The van der Waals surface area contributed by atoms with Crippen LogP contribution in [0.5, 0.6) is 0 Å². The normalized spacial score (nSPS) is 13.8. The van der Waals surface area contributed by atoms with Gasteiger partial charge >= 0.3 is 5.97 Å². The maximum absolute atomic E-state index is 13.2. The van der Waals surface area contributed by atoms with Crippen molar-refractivity contribution in [3.05, 3.63) is 60.8 Å². The van der Waals surface area contributed by atoms with Crippen LogP contribution in [0, 0.1) is 0 Å². The number of hydrogen-bond donors (Lipinski definition) is 3. The van der Waals surface area contributed by atoms with Crippen molar-refractivity contribution < 1.29 is 24.5 Å². The Hall–Kier alpha value is -2.44. The summed E-state index contributed by atoms with van der Waals surface area (Å²) in [5, 5.41) is 23.7. The zero-order valence-corrected chi connectivity index (χ0v) is 39.6. The van der Waals surface area contributed by atoms with Crippen LogP contribution in [-0.4, -0.2) is 46.9 Å². The molecule has 0 rings (SSSR count). The quantitative estimate of drug-likeness (QED) is 0.0322. The SMILES string of the molecule is CC/C=C/C/C=C/C/C=C/C/C=C/CCCCCC(=O)OC(CCCCCCC/C=C/CCCCCCCC)CC(=O)NC(CO)C(O)CCCCCCCCCCCC. The maximum Gasteiger partial charge on any atom is 0.306 e. The van der Waals surface area contributed by atoms with Gasteiger partial charge in [0.15, 0.2) is 0 Å². The van der Waals surface area contributed by atoms with Crippen LogP contribution in [-0.2, 0) is 14.3 Å². The molecule has 0 aliphatic carbocycles. The third-order valence-electron chi connectivity index (χ3n) is 11.3. The van der Waals surface area contributed by atoms with E-state index in [4.69, 9.17) is 4.74 Å². The molecule has 6 nitrogen and oxygen atoms in total. The van der Waals surface area contributed by atoms with Crippen molar-refractivity contribution in [1.29, 1.82) is 0 Å². The zero-order valence-electron chi connectivity index (χ0n) is 39.6. The van der Waals surface area contributed by atoms with Gasteiger partial charge in [-0.2, -0.15) is 0 Å². The van der Waals surface area contributed by atoms with E-state index in [9.17, 15) is 19.8 Å². The summed E-state index contributed by atoms with van der Waals surface area (Å²) in [5.41, 5.74) is 0. The van der Waals surface area contributed by atoms with E-state index < -0.39 is 18.2 Å². The van der Waals surface area contributed by atoms with Crippen LogP contribution in [0.1, 0.15) is 245 Å². The Morgan fingerprint density at radius 3 is 1.38 bits per heavy atom. The minimum absolute atomic E-state index is 0.0580. The Balaban J connectivity index is 4.66. The fourth-order valence-electron chi connectivity index (χ4n) is 7.47. The lowest BCUT2D eigenvalue weighted by Crippen LogP contribution is -2.46. The molecule has 0 saturated heterocycles. The van der Waals surface area contributed by atoms with Crippen molar-refractivity contribution >= 4 is 11.9 Å². The van der Waals surface area contributed by atoms with E-state index in [1.807, 2.05) is 0 Å². The molecule has 0 fully saturated rings. The summed E-state index contributed by atoms with van der Waals surface area (Å²) in [7, 11) is 0. The molecule has 0 saturated carbocycles. The number of rotatable bonds is 45. The molecule has 60 heavy (non-hydrogen) atoms. The monoisotopic (exact) mass is 840 g/mol. The Labute approximate surface area is 371 Å². The second-order valence-corrected chi connectivity index (χ2v) is 17.2. The number of carbonyl (C=O) groups excluding carboxylic acids is 2. The fourth-order valence-corrected chi connectivity index (χ4v) is 7.47. The van der Waals surface area contributed by atoms with Gasteiger partial charge in [-0.05, 0) is 89.9 Å². The maximum atomic E-state index is 13.2. The lowest BCUT2D eigenvalue weighted by molar-refractivity contribution is -0.151. The molecule has 0 spiro atoms. The molecule has 3 unspecified atom stereocenters. The van der Waals surface area contributed by atoms with Gasteiger partial charge in [-0.15, -0.1) is 0 Å². The highest BCUT2D eigenvalue weighted by molar-refractivity contribution is 5.77. The van der Waals surface area contributed by atoms with Gasteiger partial charge in [-0.25, -0.2) is 0 Å². The van der Waals surface area contributed by atoms with Crippen LogP contribution >= 0.6 is 0 Å². The lowest BCUT2D eigenvalue weighted by atomic mass is 10.0. The molecule has 1 amide bonds. The molecule has 3 N–H and O–H groups in total. The summed E-state index contributed by atoms with van der Waals surface area (Å²) >= 11 is 0. The van der Waals surface area contributed by atoms with Crippen molar-refractivity contribution in [2.45, 2.75) is 264 Å². The number of unbranched alkanes of at least 4 members (excludes halogenated alkanes) is 23. The molecular weight excluding hydrogens is 743 g/mol. The molecular formula is C54H97NO5. The summed E-state index contributed by atoms with van der Waals surface area (Å²) < 4.78 is 5.92. The number of nitrogens with one attached hydrogen (secondary N) is 1. The van der Waals surface area contributed by atoms with Crippen molar-refractivity contribution in [1.82, 2.24) is 5.32 Å². The van der Waals surface area contributed by atoms with Gasteiger partial charge in [0.05, 0.1) is 25.2 Å². The van der Waals surface area contributed by atoms with Gasteiger partial charge < -0.3 is 20.3 Å². The van der Waals surface area contributed by atoms with Gasteiger partial charge in [-0.1, -0.05) is 204 Å². The highest BCUT2D eigenvalue weighted by atomic mass is 16.5. The predicted molar refractivity (Wildman–Crippen MR) is 259 cm³/mol. The van der Waals surface area contributed by atoms with Gasteiger partial charge in [-0.3, -0.25) is 9.59 Å². The molecule has 6 heteroatoms. The first-order chi connectivity index (χ1) is 29.5. The third kappa shape index (κ3) is 42.3. The average molecular weight is 840 g/mol. The highest BCUT2D eigenvalue weighted by Crippen LogP contribution is 2.17. The number of aliphatic hydroxyl groups excluding tert-OH is 2. The Morgan fingerprint density at radius 2 is 0.900 bits per heavy atom. The van der Waals surface area contributed by atoms with E-state index in [1.165, 1.54) is 103 Å². The molecule has 0 radical (unpaired) electrons. The van der Waals surface area contributed by atoms with Crippen molar-refractivity contribution in [3.8, 4) is 0 Å². The second-order valence-electron chi connectivity index (χ2n) is 17.2. The van der Waals surface area contributed by atoms with E-state index in [1.54, 1.807) is 0 Å². The lowest BCUT2D eigenvalue weighted by Gasteiger charge is -2.24. The number of allylic oxidation sites excluding steroid dienone is 10. The first-order valence-electron chi connectivity index (χ1n) is 25.5. The van der Waals surface area contributed by atoms with Crippen LogP contribution in [0.4, 0.5) is 0 Å². The first-order valence-corrected chi connectivity index (χ1v) is 25.5. The minimum Gasteiger partial charge on any atom is -0.462 e. The van der Waals surface area contributed by atoms with Gasteiger partial charge in [0.25, 0.3) is 0 Å². The number of carbonyl (C=O) groups is 2. The minimum atomic E-state index is -0.795. The standard InChI is InChI=1S/C54H97NO5/c1-4-7-10-13-16-19-22-24-26-28-30-32-35-38-41-44-47-54(59)60-50(45-42-39-36-33-31-29-27-25-23-20-17-14-11-8-5-2)48-53(58)55-51(49-56)52(57)46-43-40-37-34-21-18-15-12-9-6-3/h7,10,16,19,24-27,30,32,50-52,56-57H,4-6,8-9,11-15,17-18,20-23,28-29,31,33-49H2,1-3H3,(H,55,58)/b10-7+,19-16+,26-24+,27-25+,32-30+. The number of aliphatic hydroxyl groups is 2. The van der Waals surface area contributed by atoms with E-state index in [0.29, 0.717) is 19.3 Å². The molecule has 0 aromatic heterocycles. The average Bonchev–Trinajstić information content (AvgIpc) is 3.24. The van der Waals surface area contributed by atoms with Crippen molar-refractivity contribution in [2.75, 3.05) is 6.61 Å². The number of ether oxygens (including phenoxy) is 1. The zero-order chi connectivity index (χ0) is 43.8. The molecule has 3 atom stereocenters. The van der Waals surface area contributed by atoms with Crippen LogP contribution in [0.2, 0.25) is 0 Å². The first kappa shape index (κ1) is 57.6. The number of amides is 1. The smallest absolute Gasteiger partial charge is 0.306 e. The third-order valence-corrected chi connectivity index (χ3v) is 11.3. The number of hydrogen-bond acceptors (Lipinski definition) is 5. The molecule has 0 aliphatic heterocycles. The van der Waals surface area contributed by atoms with Crippen molar-refractivity contribution in [2.24, 2.45) is 0 Å². The van der Waals surface area contributed by atoms with Crippen molar-refractivity contribution in [3.63, 3.8) is 0 Å². The Kier molecular flexibility index (Phi) is 45.7. The van der Waals surface area contributed by atoms with Crippen LogP contribution in [0.15, 0.2) is 60.8 Å². The van der Waals surface area contributed by atoms with E-state index in [0.717, 1.165) is 96.3 Å². The summed E-state index contributed by atoms with van der Waals surface area (Å²) in [6.45, 7) is 6.34. The second kappa shape index (κ2) is 47.6. The molecule has 348 valence electrons. The fraction of sp³-hybridized carbons (Fsp3) is 0.778. The molecule has 0 aromatic carbocycles. The van der Waals surface area contributed by atoms with E-state index in [2.05, 4.69) is 86.8 Å². The molecule has 0 aromatic rings. The summed E-state index contributed by atoms with van der Waals surface area (Å²) in [5.74, 6) is -0.518. The van der Waals surface area contributed by atoms with Gasteiger partial charge in [0.2, 0.25) is 5.91 Å². The van der Waals surface area contributed by atoms with Crippen LogP contribution in [0.3, 0.4) is 0 Å². The highest BCUT2D eigenvalue weighted by Gasteiger charge is 2.24. The Morgan fingerprint density at radius 1 is 0.500 bits per heavy atom. The topological polar surface area (TPSA) is 95.9 Å². The van der Waals surface area contributed by atoms with Crippen LogP contribution in [0.25, 0.3) is 0 Å². The molecule has 0 bridgehead atoms. The predicted octanol–water partition coefficient (Wildman–Crippen LogP) is 15.2.